The first-order valence-electron chi connectivity index (χ1n) is 14.0. The number of hydrogen-bond donors (Lipinski definition) is 1. The minimum absolute atomic E-state index is 0.0255. The lowest BCUT2D eigenvalue weighted by Crippen LogP contribution is -2.41. The first-order valence-corrected chi connectivity index (χ1v) is 14.0. The summed E-state index contributed by atoms with van der Waals surface area (Å²) in [6, 6.07) is 14.7. The van der Waals surface area contributed by atoms with Gasteiger partial charge in [0, 0.05) is 24.9 Å². The van der Waals surface area contributed by atoms with Crippen LogP contribution in [0.15, 0.2) is 65.6 Å². The molecule has 1 aliphatic carbocycles. The van der Waals surface area contributed by atoms with E-state index >= 15 is 0 Å². The number of amides is 1. The van der Waals surface area contributed by atoms with Crippen LogP contribution in [0.4, 0.5) is 13.2 Å². The Bertz CT molecular complexity index is 1790. The fourth-order valence-corrected chi connectivity index (χ4v) is 6.95. The third kappa shape index (κ3) is 5.14. The molecule has 3 atom stereocenters. The fraction of sp³-hybridized carbons (Fsp3) is 0.355. The zero-order valence-corrected chi connectivity index (χ0v) is 24.0. The zero-order chi connectivity index (χ0) is 30.7. The predicted octanol–water partition coefficient (Wildman–Crippen LogP) is 4.13. The van der Waals surface area contributed by atoms with Crippen molar-refractivity contribution in [1.29, 1.82) is 5.26 Å². The van der Waals surface area contributed by atoms with Gasteiger partial charge in [-0.15, -0.1) is 0 Å². The highest BCUT2D eigenvalue weighted by atomic mass is 19.4. The molecule has 1 amide bonds. The molecule has 2 aromatic carbocycles. The maximum atomic E-state index is 14.0. The number of quaternary nitrogens is 1. The number of halogens is 3. The number of benzene rings is 2. The Hall–Kier alpha value is -4.63. The molecular formula is C31H31F3N7O2+. The van der Waals surface area contributed by atoms with Crippen LogP contribution in [0.3, 0.4) is 0 Å². The van der Waals surface area contributed by atoms with Crippen LogP contribution in [-0.4, -0.2) is 62.8 Å². The lowest BCUT2D eigenvalue weighted by Gasteiger charge is -2.25. The molecule has 0 radical (unpaired) electrons. The smallest absolute Gasteiger partial charge is 0.349 e. The number of nitrogens with one attached hydrogen (secondary N) is 1. The molecule has 3 heterocycles. The topological polar surface area (TPSA) is 97.6 Å². The summed E-state index contributed by atoms with van der Waals surface area (Å²) in [5.74, 6) is 0.387. The monoisotopic (exact) mass is 590 g/mol. The third-order valence-electron chi connectivity index (χ3n) is 8.67. The number of carbonyl (C=O) groups excluding carboxylic acids is 1. The van der Waals surface area contributed by atoms with Gasteiger partial charge >= 0.3 is 6.18 Å². The average molecular weight is 591 g/mol. The molecule has 6 rings (SSSR count). The van der Waals surface area contributed by atoms with Crippen LogP contribution in [0.1, 0.15) is 34.3 Å². The summed E-state index contributed by atoms with van der Waals surface area (Å²) in [5, 5.41) is 16.7. The Kier molecular flexibility index (Phi) is 6.81. The lowest BCUT2D eigenvalue weighted by molar-refractivity contribution is -0.881. The second-order valence-corrected chi connectivity index (χ2v) is 12.2. The molecule has 4 aromatic rings. The third-order valence-corrected chi connectivity index (χ3v) is 8.67. The van der Waals surface area contributed by atoms with Crippen LogP contribution in [0.2, 0.25) is 0 Å². The number of nitrogens with zero attached hydrogens (tertiary/aromatic N) is 6. The van der Waals surface area contributed by atoms with Crippen LogP contribution in [0.25, 0.3) is 22.8 Å². The van der Waals surface area contributed by atoms with Crippen LogP contribution in [0.5, 0.6) is 0 Å². The van der Waals surface area contributed by atoms with Gasteiger partial charge in [-0.1, -0.05) is 6.07 Å². The van der Waals surface area contributed by atoms with E-state index in [9.17, 15) is 28.0 Å². The average Bonchev–Trinajstić information content (AvgIpc) is 3.68. The molecule has 9 nitrogen and oxygen atoms in total. The SMILES string of the molecule is Cn1c(-c2ccnn2-c2ccc(C#N)cc2)c(C(=O)N[C@H]2C[C@@H]3C[N+](C)(C)C[C@@H]3C2)c(=O)n1-c1cccc(C(F)(F)F)c1. The number of aromatic nitrogens is 4. The van der Waals surface area contributed by atoms with E-state index in [1.165, 1.54) is 34.7 Å². The van der Waals surface area contributed by atoms with Crippen molar-refractivity contribution < 1.29 is 22.4 Å². The second-order valence-electron chi connectivity index (χ2n) is 12.2. The van der Waals surface area contributed by atoms with Gasteiger partial charge < -0.3 is 9.80 Å². The van der Waals surface area contributed by atoms with Crippen LogP contribution in [-0.2, 0) is 13.2 Å². The molecule has 2 fully saturated rings. The normalized spacial score (nSPS) is 21.0. The highest BCUT2D eigenvalue weighted by Gasteiger charge is 2.47. The van der Waals surface area contributed by atoms with Crippen LogP contribution in [0, 0.1) is 23.2 Å². The van der Waals surface area contributed by atoms with E-state index in [1.807, 2.05) is 0 Å². The Morgan fingerprint density at radius 3 is 2.35 bits per heavy atom. The van der Waals surface area contributed by atoms with Gasteiger partial charge in [0.05, 0.1) is 67.6 Å². The molecular weight excluding hydrogens is 559 g/mol. The van der Waals surface area contributed by atoms with Gasteiger partial charge in [-0.3, -0.25) is 14.3 Å². The van der Waals surface area contributed by atoms with Gasteiger partial charge in [0.15, 0.2) is 0 Å². The number of carbonyl (C=O) groups is 1. The molecule has 1 saturated heterocycles. The number of alkyl halides is 3. The number of hydrogen-bond acceptors (Lipinski definition) is 4. The van der Waals surface area contributed by atoms with E-state index in [1.54, 1.807) is 30.3 Å². The summed E-state index contributed by atoms with van der Waals surface area (Å²) >= 11 is 0. The molecule has 2 aromatic heterocycles. The van der Waals surface area contributed by atoms with E-state index < -0.39 is 23.2 Å². The number of fused-ring (bicyclic) bond motifs is 1. The molecule has 0 unspecified atom stereocenters. The first-order chi connectivity index (χ1) is 20.4. The zero-order valence-electron chi connectivity index (χ0n) is 24.0. The summed E-state index contributed by atoms with van der Waals surface area (Å²) in [4.78, 5) is 28.0. The molecule has 0 bridgehead atoms. The summed E-state index contributed by atoms with van der Waals surface area (Å²) in [6.45, 7) is 2.06. The van der Waals surface area contributed by atoms with Gasteiger partial charge in [-0.05, 0) is 61.4 Å². The standard InChI is InChI=1S/C31H30F3N7O2/c1-38-28(26-11-12-36-39(26)24-9-7-19(16-35)8-10-24)27(29(42)37-23-13-20-17-41(2,3)18-21(20)14-23)30(43)40(38)25-6-4-5-22(15-25)31(32,33)34/h4-12,15,20-21,23H,13-14,17-18H2,1-3H3/p+1/t20-,21+,23+. The summed E-state index contributed by atoms with van der Waals surface area (Å²) in [5.41, 5.74) is -0.227. The summed E-state index contributed by atoms with van der Waals surface area (Å²) < 4.78 is 45.7. The van der Waals surface area contributed by atoms with E-state index in [-0.39, 0.29) is 23.0 Å². The van der Waals surface area contributed by atoms with Crippen LogP contribution >= 0.6 is 0 Å². The molecule has 222 valence electrons. The highest BCUT2D eigenvalue weighted by Crippen LogP contribution is 2.40. The molecule has 43 heavy (non-hydrogen) atoms. The number of likely N-dealkylation sites (tertiary alicyclic amines) is 1. The first kappa shape index (κ1) is 28.5. The van der Waals surface area contributed by atoms with Crippen molar-refractivity contribution in [3.05, 3.63) is 87.8 Å². The van der Waals surface area contributed by atoms with Gasteiger partial charge in [0.2, 0.25) is 0 Å². The Morgan fingerprint density at radius 2 is 1.72 bits per heavy atom. The number of nitriles is 1. The lowest BCUT2D eigenvalue weighted by atomic mass is 10.0. The number of rotatable bonds is 5. The fourth-order valence-electron chi connectivity index (χ4n) is 6.95. The van der Waals surface area contributed by atoms with Gasteiger partial charge in [0.1, 0.15) is 11.3 Å². The minimum atomic E-state index is -4.62. The molecule has 1 aliphatic heterocycles. The van der Waals surface area contributed by atoms with Gasteiger partial charge in [-0.25, -0.2) is 9.36 Å². The van der Waals surface area contributed by atoms with Gasteiger partial charge in [-0.2, -0.15) is 23.5 Å². The van der Waals surface area contributed by atoms with E-state index in [4.69, 9.17) is 0 Å². The maximum absolute atomic E-state index is 14.0. The molecule has 2 aliphatic rings. The van der Waals surface area contributed by atoms with E-state index in [0.717, 1.165) is 47.2 Å². The van der Waals surface area contributed by atoms with Crippen molar-refractivity contribution in [2.45, 2.75) is 25.1 Å². The predicted molar refractivity (Wildman–Crippen MR) is 153 cm³/mol. The Labute approximate surface area is 245 Å². The van der Waals surface area contributed by atoms with Crippen molar-refractivity contribution in [2.75, 3.05) is 27.2 Å². The molecule has 1 N–H and O–H groups in total. The summed E-state index contributed by atoms with van der Waals surface area (Å²) in [6.07, 6.45) is -1.48. The highest BCUT2D eigenvalue weighted by molar-refractivity contribution is 6.00. The van der Waals surface area contributed by atoms with E-state index in [2.05, 4.69) is 30.6 Å². The molecule has 12 heteroatoms. The van der Waals surface area contributed by atoms with Crippen molar-refractivity contribution in [3.63, 3.8) is 0 Å². The molecule has 0 spiro atoms. The van der Waals surface area contributed by atoms with Crippen molar-refractivity contribution in [2.24, 2.45) is 18.9 Å². The van der Waals surface area contributed by atoms with Crippen molar-refractivity contribution in [1.82, 2.24) is 24.5 Å². The molecule has 1 saturated carbocycles. The quantitative estimate of drug-likeness (QED) is 0.354. The maximum Gasteiger partial charge on any atom is 0.416 e. The van der Waals surface area contributed by atoms with Crippen molar-refractivity contribution in [3.8, 4) is 28.8 Å². The minimum Gasteiger partial charge on any atom is -0.349 e. The van der Waals surface area contributed by atoms with Gasteiger partial charge in [0.25, 0.3) is 11.5 Å². The van der Waals surface area contributed by atoms with Crippen LogP contribution < -0.4 is 10.9 Å². The van der Waals surface area contributed by atoms with E-state index in [0.29, 0.717) is 28.8 Å². The summed E-state index contributed by atoms with van der Waals surface area (Å²) in [7, 11) is 5.94. The Balaban J connectivity index is 1.45. The second kappa shape index (κ2) is 10.3. The largest absolute Gasteiger partial charge is 0.416 e. The van der Waals surface area contributed by atoms with Crippen molar-refractivity contribution >= 4 is 5.91 Å². The Morgan fingerprint density at radius 1 is 1.05 bits per heavy atom.